The number of hydrogen-bond donors (Lipinski definition) is 1. The zero-order chi connectivity index (χ0) is 10.8. The third-order valence-corrected chi connectivity index (χ3v) is 3.38. The number of thiocarbonyl (C=S) groups is 1. The monoisotopic (exact) mass is 284 g/mol. The Bertz CT molecular complexity index is 386. The van der Waals surface area contributed by atoms with Crippen LogP contribution in [-0.2, 0) is 0 Å². The van der Waals surface area contributed by atoms with Crippen LogP contribution >= 0.6 is 28.1 Å². The van der Waals surface area contributed by atoms with Crippen molar-refractivity contribution in [2.45, 2.75) is 12.8 Å². The Balaban J connectivity index is 2.40. The van der Waals surface area contributed by atoms with Crippen molar-refractivity contribution in [3.05, 3.63) is 28.2 Å². The van der Waals surface area contributed by atoms with Crippen LogP contribution in [0.15, 0.2) is 22.7 Å². The molecule has 15 heavy (non-hydrogen) atoms. The fraction of sp³-hybridized carbons (Fsp3) is 0.364. The summed E-state index contributed by atoms with van der Waals surface area (Å²) in [5.41, 5.74) is 7.88. The minimum atomic E-state index is 0.471. The van der Waals surface area contributed by atoms with Crippen molar-refractivity contribution in [1.29, 1.82) is 0 Å². The largest absolute Gasteiger partial charge is 0.389 e. The van der Waals surface area contributed by atoms with E-state index in [1.165, 1.54) is 18.5 Å². The Morgan fingerprint density at radius 3 is 2.60 bits per heavy atom. The minimum Gasteiger partial charge on any atom is -0.389 e. The van der Waals surface area contributed by atoms with Gasteiger partial charge in [0.1, 0.15) is 4.99 Å². The van der Waals surface area contributed by atoms with Gasteiger partial charge >= 0.3 is 0 Å². The summed E-state index contributed by atoms with van der Waals surface area (Å²) >= 11 is 8.51. The van der Waals surface area contributed by atoms with E-state index in [2.05, 4.69) is 26.9 Å². The SMILES string of the molecule is NC(=S)c1cc(Br)ccc1N1CCCC1. The first-order valence-corrected chi connectivity index (χ1v) is 6.23. The van der Waals surface area contributed by atoms with Gasteiger partial charge in [-0.25, -0.2) is 0 Å². The lowest BCUT2D eigenvalue weighted by atomic mass is 10.1. The molecule has 0 bridgehead atoms. The molecule has 1 aliphatic rings. The number of hydrogen-bond acceptors (Lipinski definition) is 2. The fourth-order valence-electron chi connectivity index (χ4n) is 1.94. The van der Waals surface area contributed by atoms with Crippen molar-refractivity contribution in [3.63, 3.8) is 0 Å². The molecule has 0 spiro atoms. The van der Waals surface area contributed by atoms with Crippen molar-refractivity contribution in [3.8, 4) is 0 Å². The lowest BCUT2D eigenvalue weighted by Gasteiger charge is -2.21. The van der Waals surface area contributed by atoms with Crippen LogP contribution in [-0.4, -0.2) is 18.1 Å². The summed E-state index contributed by atoms with van der Waals surface area (Å²) in [5, 5.41) is 0. The van der Waals surface area contributed by atoms with Crippen LogP contribution in [0.1, 0.15) is 18.4 Å². The molecule has 0 saturated carbocycles. The molecular formula is C11H13BrN2S. The van der Waals surface area contributed by atoms with Gasteiger partial charge in [-0.3, -0.25) is 0 Å². The molecule has 0 amide bonds. The second-order valence-electron chi connectivity index (χ2n) is 3.72. The maximum absolute atomic E-state index is 5.74. The predicted molar refractivity (Wildman–Crippen MR) is 71.5 cm³/mol. The highest BCUT2D eigenvalue weighted by atomic mass is 79.9. The van der Waals surface area contributed by atoms with Gasteiger partial charge in [-0.1, -0.05) is 28.1 Å². The Morgan fingerprint density at radius 1 is 1.33 bits per heavy atom. The molecule has 0 unspecified atom stereocenters. The Kier molecular flexibility index (Phi) is 3.26. The molecule has 2 rings (SSSR count). The molecule has 0 aliphatic carbocycles. The van der Waals surface area contributed by atoms with Gasteiger partial charge in [0, 0.05) is 28.8 Å². The molecule has 1 aromatic rings. The summed E-state index contributed by atoms with van der Waals surface area (Å²) < 4.78 is 1.02. The first-order valence-electron chi connectivity index (χ1n) is 5.03. The van der Waals surface area contributed by atoms with Gasteiger partial charge in [0.05, 0.1) is 0 Å². The summed E-state index contributed by atoms with van der Waals surface area (Å²) in [5.74, 6) is 0. The number of nitrogens with zero attached hydrogens (tertiary/aromatic N) is 1. The van der Waals surface area contributed by atoms with E-state index in [9.17, 15) is 0 Å². The molecule has 1 fully saturated rings. The van der Waals surface area contributed by atoms with Crippen LogP contribution in [0.3, 0.4) is 0 Å². The standard InChI is InChI=1S/C11H13BrN2S/c12-8-3-4-10(9(7-8)11(13)15)14-5-1-2-6-14/h3-4,7H,1-2,5-6H2,(H2,13,15). The van der Waals surface area contributed by atoms with E-state index in [1.54, 1.807) is 0 Å². The van der Waals surface area contributed by atoms with Crippen molar-refractivity contribution < 1.29 is 0 Å². The smallest absolute Gasteiger partial charge is 0.106 e. The van der Waals surface area contributed by atoms with E-state index in [4.69, 9.17) is 18.0 Å². The fourth-order valence-corrected chi connectivity index (χ4v) is 2.46. The summed E-state index contributed by atoms with van der Waals surface area (Å²) in [7, 11) is 0. The average molecular weight is 285 g/mol. The van der Waals surface area contributed by atoms with Gasteiger partial charge in [0.25, 0.3) is 0 Å². The molecule has 2 N–H and O–H groups in total. The highest BCUT2D eigenvalue weighted by Gasteiger charge is 2.16. The van der Waals surface area contributed by atoms with Gasteiger partial charge in [-0.05, 0) is 31.0 Å². The number of rotatable bonds is 2. The van der Waals surface area contributed by atoms with Crippen LogP contribution in [0, 0.1) is 0 Å². The third-order valence-electron chi connectivity index (χ3n) is 2.67. The van der Waals surface area contributed by atoms with Gasteiger partial charge in [0.2, 0.25) is 0 Å². The molecule has 2 nitrogen and oxygen atoms in total. The number of nitrogens with two attached hydrogens (primary N) is 1. The zero-order valence-corrected chi connectivity index (χ0v) is 10.8. The van der Waals surface area contributed by atoms with Gasteiger partial charge in [0.15, 0.2) is 0 Å². The predicted octanol–water partition coefficient (Wildman–Crippen LogP) is 2.68. The Morgan fingerprint density at radius 2 is 2.00 bits per heavy atom. The zero-order valence-electron chi connectivity index (χ0n) is 8.37. The van der Waals surface area contributed by atoms with Crippen LogP contribution in [0.2, 0.25) is 0 Å². The second kappa shape index (κ2) is 4.49. The van der Waals surface area contributed by atoms with E-state index < -0.39 is 0 Å². The molecule has 0 aromatic heterocycles. The second-order valence-corrected chi connectivity index (χ2v) is 5.08. The summed E-state index contributed by atoms with van der Waals surface area (Å²) in [6.07, 6.45) is 2.51. The number of benzene rings is 1. The van der Waals surface area contributed by atoms with Crippen molar-refractivity contribution in [1.82, 2.24) is 0 Å². The van der Waals surface area contributed by atoms with Gasteiger partial charge in [-0.2, -0.15) is 0 Å². The molecule has 4 heteroatoms. The average Bonchev–Trinajstić information content (AvgIpc) is 2.70. The minimum absolute atomic E-state index is 0.471. The Hall–Kier alpha value is -0.610. The van der Waals surface area contributed by atoms with Crippen LogP contribution in [0.25, 0.3) is 0 Å². The van der Waals surface area contributed by atoms with Gasteiger partial charge in [-0.15, -0.1) is 0 Å². The van der Waals surface area contributed by atoms with E-state index in [1.807, 2.05) is 12.1 Å². The summed E-state index contributed by atoms with van der Waals surface area (Å²) in [4.78, 5) is 2.82. The normalized spacial score (nSPS) is 15.7. The molecule has 80 valence electrons. The molecule has 1 saturated heterocycles. The topological polar surface area (TPSA) is 29.3 Å². The molecule has 1 aromatic carbocycles. The third kappa shape index (κ3) is 2.32. The highest BCUT2D eigenvalue weighted by Crippen LogP contribution is 2.27. The van der Waals surface area contributed by atoms with E-state index >= 15 is 0 Å². The van der Waals surface area contributed by atoms with Crippen molar-refractivity contribution >= 4 is 38.8 Å². The lowest BCUT2D eigenvalue weighted by molar-refractivity contribution is 0.949. The first-order chi connectivity index (χ1) is 7.18. The molecule has 0 atom stereocenters. The van der Waals surface area contributed by atoms with Gasteiger partial charge < -0.3 is 10.6 Å². The molecule has 1 aliphatic heterocycles. The van der Waals surface area contributed by atoms with Crippen LogP contribution in [0.5, 0.6) is 0 Å². The molecular weight excluding hydrogens is 272 g/mol. The van der Waals surface area contributed by atoms with E-state index in [0.717, 1.165) is 23.1 Å². The molecule has 0 radical (unpaired) electrons. The maximum atomic E-state index is 5.74. The van der Waals surface area contributed by atoms with Crippen LogP contribution < -0.4 is 10.6 Å². The van der Waals surface area contributed by atoms with E-state index in [-0.39, 0.29) is 0 Å². The highest BCUT2D eigenvalue weighted by molar-refractivity contribution is 9.10. The van der Waals surface area contributed by atoms with Crippen molar-refractivity contribution in [2.24, 2.45) is 5.73 Å². The Labute approximate surface area is 104 Å². The lowest BCUT2D eigenvalue weighted by Crippen LogP contribution is -2.22. The quantitative estimate of drug-likeness (QED) is 0.847. The van der Waals surface area contributed by atoms with Crippen molar-refractivity contribution in [2.75, 3.05) is 18.0 Å². The van der Waals surface area contributed by atoms with E-state index in [0.29, 0.717) is 4.99 Å². The first kappa shape index (κ1) is 10.9. The summed E-state index contributed by atoms with van der Waals surface area (Å²) in [6.45, 7) is 2.22. The van der Waals surface area contributed by atoms with Crippen LogP contribution in [0.4, 0.5) is 5.69 Å². The maximum Gasteiger partial charge on any atom is 0.106 e. The number of halogens is 1. The summed E-state index contributed by atoms with van der Waals surface area (Å²) in [6, 6.07) is 6.12. The number of anilines is 1. The molecule has 1 heterocycles.